The first-order chi connectivity index (χ1) is 8.70. The van der Waals surface area contributed by atoms with Crippen molar-refractivity contribution in [2.24, 2.45) is 0 Å². The number of nitrogens with zero attached hydrogens (tertiary/aromatic N) is 3. The maximum atomic E-state index is 4.28. The Balaban J connectivity index is 2.24. The van der Waals surface area contributed by atoms with E-state index in [1.54, 1.807) is 6.33 Å². The summed E-state index contributed by atoms with van der Waals surface area (Å²) in [6.45, 7) is 2.89. The molecule has 1 aromatic carbocycles. The molecular weight excluding hydrogens is 292 g/mol. The molecule has 0 fully saturated rings. The molecule has 1 aromatic heterocycles. The highest BCUT2D eigenvalue weighted by atomic mass is 79.9. The second-order valence-electron chi connectivity index (χ2n) is 3.83. The lowest BCUT2D eigenvalue weighted by molar-refractivity contribution is 1.06. The van der Waals surface area contributed by atoms with Gasteiger partial charge in [0.15, 0.2) is 0 Å². The zero-order valence-corrected chi connectivity index (χ0v) is 12.0. The van der Waals surface area contributed by atoms with Crippen LogP contribution in [0.2, 0.25) is 0 Å². The normalized spacial score (nSPS) is 10.2. The number of aromatic nitrogens is 2. The van der Waals surface area contributed by atoms with E-state index in [2.05, 4.69) is 31.2 Å². The van der Waals surface area contributed by atoms with E-state index in [0.717, 1.165) is 28.3 Å². The summed E-state index contributed by atoms with van der Waals surface area (Å²) in [4.78, 5) is 10.5. The largest absolute Gasteiger partial charge is 0.370 e. The molecule has 18 heavy (non-hydrogen) atoms. The Morgan fingerprint density at radius 2 is 1.94 bits per heavy atom. The summed E-state index contributed by atoms with van der Waals surface area (Å²) in [6.07, 6.45) is 1.57. The molecule has 0 amide bonds. The summed E-state index contributed by atoms with van der Waals surface area (Å²) in [5.74, 6) is 1.70. The van der Waals surface area contributed by atoms with Crippen molar-refractivity contribution < 1.29 is 0 Å². The molecular formula is C13H15BrN4. The Hall–Kier alpha value is -1.62. The second-order valence-corrected chi connectivity index (χ2v) is 4.74. The van der Waals surface area contributed by atoms with Crippen molar-refractivity contribution in [2.75, 3.05) is 23.8 Å². The third-order valence-electron chi connectivity index (χ3n) is 2.57. The predicted molar refractivity (Wildman–Crippen MR) is 78.4 cm³/mol. The van der Waals surface area contributed by atoms with Gasteiger partial charge in [-0.05, 0) is 31.2 Å². The summed E-state index contributed by atoms with van der Waals surface area (Å²) < 4.78 is 1.07. The lowest BCUT2D eigenvalue weighted by Crippen LogP contribution is -2.12. The smallest absolute Gasteiger partial charge is 0.138 e. The standard InChI is InChI=1S/C13H15BrN4/c1-3-15-12-8-13(17-9-16-12)18(2)11-6-4-10(14)5-7-11/h4-9H,3H2,1-2H3,(H,15,16,17). The fourth-order valence-electron chi connectivity index (χ4n) is 1.61. The minimum absolute atomic E-state index is 0.839. The lowest BCUT2D eigenvalue weighted by Gasteiger charge is -2.18. The Bertz CT molecular complexity index is 513. The number of nitrogens with one attached hydrogen (secondary N) is 1. The number of hydrogen-bond donors (Lipinski definition) is 1. The van der Waals surface area contributed by atoms with Gasteiger partial charge in [-0.2, -0.15) is 0 Å². The van der Waals surface area contributed by atoms with Gasteiger partial charge in [-0.15, -0.1) is 0 Å². The lowest BCUT2D eigenvalue weighted by atomic mass is 10.3. The van der Waals surface area contributed by atoms with Crippen LogP contribution in [0.15, 0.2) is 41.1 Å². The topological polar surface area (TPSA) is 41.0 Å². The van der Waals surface area contributed by atoms with Crippen LogP contribution in [-0.2, 0) is 0 Å². The van der Waals surface area contributed by atoms with Gasteiger partial charge in [0.1, 0.15) is 18.0 Å². The predicted octanol–water partition coefficient (Wildman–Crippen LogP) is 3.44. The van der Waals surface area contributed by atoms with Crippen molar-refractivity contribution in [3.63, 3.8) is 0 Å². The van der Waals surface area contributed by atoms with Crippen LogP contribution in [0.1, 0.15) is 6.92 Å². The molecule has 0 unspecified atom stereocenters. The summed E-state index contributed by atoms with van der Waals surface area (Å²) in [6, 6.07) is 10.0. The Morgan fingerprint density at radius 3 is 2.61 bits per heavy atom. The van der Waals surface area contributed by atoms with Crippen molar-refractivity contribution in [1.82, 2.24) is 9.97 Å². The molecule has 0 saturated heterocycles. The van der Waals surface area contributed by atoms with E-state index in [4.69, 9.17) is 0 Å². The maximum absolute atomic E-state index is 4.28. The van der Waals surface area contributed by atoms with Gasteiger partial charge in [0.05, 0.1) is 0 Å². The molecule has 0 radical (unpaired) electrons. The fourth-order valence-corrected chi connectivity index (χ4v) is 1.87. The molecule has 1 N–H and O–H groups in total. The van der Waals surface area contributed by atoms with Gasteiger partial charge in [0, 0.05) is 29.8 Å². The molecule has 0 aliphatic heterocycles. The van der Waals surface area contributed by atoms with E-state index in [1.807, 2.05) is 49.2 Å². The highest BCUT2D eigenvalue weighted by molar-refractivity contribution is 9.10. The zero-order chi connectivity index (χ0) is 13.0. The van der Waals surface area contributed by atoms with E-state index in [9.17, 15) is 0 Å². The number of rotatable bonds is 4. The van der Waals surface area contributed by atoms with E-state index < -0.39 is 0 Å². The molecule has 2 rings (SSSR count). The molecule has 2 aromatic rings. The van der Waals surface area contributed by atoms with Crippen molar-refractivity contribution in [1.29, 1.82) is 0 Å². The maximum Gasteiger partial charge on any atom is 0.138 e. The Morgan fingerprint density at radius 1 is 1.22 bits per heavy atom. The number of anilines is 3. The van der Waals surface area contributed by atoms with Gasteiger partial charge in [-0.3, -0.25) is 0 Å². The average Bonchev–Trinajstić information content (AvgIpc) is 2.39. The van der Waals surface area contributed by atoms with Crippen molar-refractivity contribution in [2.45, 2.75) is 6.92 Å². The van der Waals surface area contributed by atoms with Crippen LogP contribution >= 0.6 is 15.9 Å². The molecule has 0 aliphatic rings. The van der Waals surface area contributed by atoms with Gasteiger partial charge >= 0.3 is 0 Å². The molecule has 1 heterocycles. The quantitative estimate of drug-likeness (QED) is 0.939. The molecule has 5 heteroatoms. The molecule has 0 saturated carbocycles. The average molecular weight is 307 g/mol. The second kappa shape index (κ2) is 5.82. The van der Waals surface area contributed by atoms with Crippen molar-refractivity contribution in [3.05, 3.63) is 41.1 Å². The molecule has 4 nitrogen and oxygen atoms in total. The van der Waals surface area contributed by atoms with Crippen molar-refractivity contribution >= 4 is 33.3 Å². The summed E-state index contributed by atoms with van der Waals surface area (Å²) in [5.41, 5.74) is 1.08. The third-order valence-corrected chi connectivity index (χ3v) is 3.10. The van der Waals surface area contributed by atoms with Crippen LogP contribution in [0.5, 0.6) is 0 Å². The molecule has 0 spiro atoms. The van der Waals surface area contributed by atoms with Gasteiger partial charge in [-0.25, -0.2) is 9.97 Å². The van der Waals surface area contributed by atoms with Crippen LogP contribution in [0.4, 0.5) is 17.3 Å². The third kappa shape index (κ3) is 2.98. The molecule has 0 bridgehead atoms. The first-order valence-electron chi connectivity index (χ1n) is 5.76. The van der Waals surface area contributed by atoms with E-state index in [1.165, 1.54) is 0 Å². The Labute approximate surface area is 115 Å². The summed E-state index contributed by atoms with van der Waals surface area (Å²) in [5, 5.41) is 3.18. The minimum atomic E-state index is 0.839. The van der Waals surface area contributed by atoms with Gasteiger partial charge in [0.2, 0.25) is 0 Å². The van der Waals surface area contributed by atoms with Gasteiger partial charge in [0.25, 0.3) is 0 Å². The van der Waals surface area contributed by atoms with Crippen LogP contribution < -0.4 is 10.2 Å². The zero-order valence-electron chi connectivity index (χ0n) is 10.4. The SMILES string of the molecule is CCNc1cc(N(C)c2ccc(Br)cc2)ncn1. The van der Waals surface area contributed by atoms with Crippen LogP contribution in [0.3, 0.4) is 0 Å². The van der Waals surface area contributed by atoms with Crippen LogP contribution in [0.25, 0.3) is 0 Å². The number of halogens is 1. The summed E-state index contributed by atoms with van der Waals surface area (Å²) in [7, 11) is 1.99. The van der Waals surface area contributed by atoms with E-state index in [0.29, 0.717) is 0 Å². The number of hydrogen-bond acceptors (Lipinski definition) is 4. The highest BCUT2D eigenvalue weighted by Gasteiger charge is 2.06. The highest BCUT2D eigenvalue weighted by Crippen LogP contribution is 2.24. The van der Waals surface area contributed by atoms with Gasteiger partial charge < -0.3 is 10.2 Å². The van der Waals surface area contributed by atoms with Gasteiger partial charge in [-0.1, -0.05) is 15.9 Å². The summed E-state index contributed by atoms with van der Waals surface area (Å²) >= 11 is 3.43. The fraction of sp³-hybridized carbons (Fsp3) is 0.231. The number of benzene rings is 1. The van der Waals surface area contributed by atoms with Crippen LogP contribution in [0, 0.1) is 0 Å². The first-order valence-corrected chi connectivity index (χ1v) is 6.55. The van der Waals surface area contributed by atoms with E-state index in [-0.39, 0.29) is 0 Å². The molecule has 94 valence electrons. The Kier molecular flexibility index (Phi) is 4.15. The minimum Gasteiger partial charge on any atom is -0.370 e. The monoisotopic (exact) mass is 306 g/mol. The molecule has 0 aliphatic carbocycles. The molecule has 0 atom stereocenters. The van der Waals surface area contributed by atoms with E-state index >= 15 is 0 Å². The van der Waals surface area contributed by atoms with Crippen LogP contribution in [-0.4, -0.2) is 23.6 Å². The van der Waals surface area contributed by atoms with Crippen molar-refractivity contribution in [3.8, 4) is 0 Å². The first kappa shape index (κ1) is 12.8.